The number of H-pyrrole nitrogens is 1. The molecule has 26 heavy (non-hydrogen) atoms. The van der Waals surface area contributed by atoms with Crippen molar-refractivity contribution in [3.63, 3.8) is 0 Å². The molecule has 2 aromatic rings. The number of rotatable bonds is 5. The maximum atomic E-state index is 13.0. The summed E-state index contributed by atoms with van der Waals surface area (Å²) in [6, 6.07) is 2.17. The molecule has 3 rings (SSSR count). The van der Waals surface area contributed by atoms with Crippen molar-refractivity contribution in [2.24, 2.45) is 0 Å². The fourth-order valence-electron chi connectivity index (χ4n) is 3.54. The highest BCUT2D eigenvalue weighted by Crippen LogP contribution is 2.26. The summed E-state index contributed by atoms with van der Waals surface area (Å²) in [6.07, 6.45) is 4.97. The SMILES string of the molecule is COc1nc(C)cc(C)c1CN(C)C(=O)c1cn[nH]c1C1CCCCN1. The van der Waals surface area contributed by atoms with Gasteiger partial charge in [0, 0.05) is 24.3 Å². The summed E-state index contributed by atoms with van der Waals surface area (Å²) in [4.78, 5) is 19.2. The van der Waals surface area contributed by atoms with Crippen molar-refractivity contribution in [2.45, 2.75) is 45.7 Å². The number of aromatic amines is 1. The first-order chi connectivity index (χ1) is 12.5. The highest BCUT2D eigenvalue weighted by Gasteiger charge is 2.25. The fraction of sp³-hybridized carbons (Fsp3) is 0.526. The Morgan fingerprint density at radius 1 is 1.38 bits per heavy atom. The van der Waals surface area contributed by atoms with E-state index in [0.29, 0.717) is 18.0 Å². The minimum atomic E-state index is -0.0526. The second kappa shape index (κ2) is 7.86. The molecule has 7 nitrogen and oxygen atoms in total. The number of pyridine rings is 1. The van der Waals surface area contributed by atoms with Crippen LogP contribution in [0.3, 0.4) is 0 Å². The number of methoxy groups -OCH3 is 1. The molecule has 1 aliphatic heterocycles. The molecule has 1 amide bonds. The number of aromatic nitrogens is 3. The molecule has 0 spiro atoms. The van der Waals surface area contributed by atoms with E-state index in [4.69, 9.17) is 4.74 Å². The van der Waals surface area contributed by atoms with Gasteiger partial charge in [0.15, 0.2) is 0 Å². The van der Waals surface area contributed by atoms with Gasteiger partial charge in [0.25, 0.3) is 5.91 Å². The first kappa shape index (κ1) is 18.4. The van der Waals surface area contributed by atoms with Crippen LogP contribution in [0, 0.1) is 13.8 Å². The topological polar surface area (TPSA) is 83.1 Å². The van der Waals surface area contributed by atoms with Crippen LogP contribution in [0.2, 0.25) is 0 Å². The summed E-state index contributed by atoms with van der Waals surface area (Å²) in [5, 5.41) is 10.6. The number of hydrogen-bond donors (Lipinski definition) is 2. The lowest BCUT2D eigenvalue weighted by Gasteiger charge is -2.25. The Labute approximate surface area is 154 Å². The number of carbonyl (C=O) groups is 1. The zero-order valence-corrected chi connectivity index (χ0v) is 15.9. The Morgan fingerprint density at radius 2 is 2.19 bits per heavy atom. The molecule has 1 atom stereocenters. The third kappa shape index (κ3) is 3.72. The van der Waals surface area contributed by atoms with Crippen LogP contribution >= 0.6 is 0 Å². The molecule has 140 valence electrons. The highest BCUT2D eigenvalue weighted by molar-refractivity contribution is 5.95. The van der Waals surface area contributed by atoms with Crippen LogP contribution in [-0.4, -0.2) is 46.7 Å². The second-order valence-corrected chi connectivity index (χ2v) is 6.93. The van der Waals surface area contributed by atoms with E-state index >= 15 is 0 Å². The molecule has 0 aliphatic carbocycles. The standard InChI is InChI=1S/C19H27N5O2/c1-12-9-13(2)22-18(26-4)15(12)11-24(3)19(25)14-10-21-23-17(14)16-7-5-6-8-20-16/h9-10,16,20H,5-8,11H2,1-4H3,(H,21,23). The second-order valence-electron chi connectivity index (χ2n) is 6.93. The average Bonchev–Trinajstić information content (AvgIpc) is 3.13. The number of carbonyl (C=O) groups excluding carboxylic acids is 1. The highest BCUT2D eigenvalue weighted by atomic mass is 16.5. The maximum absolute atomic E-state index is 13.0. The zero-order chi connectivity index (χ0) is 18.7. The van der Waals surface area contributed by atoms with Crippen LogP contribution in [0.5, 0.6) is 5.88 Å². The third-order valence-corrected chi connectivity index (χ3v) is 4.93. The smallest absolute Gasteiger partial charge is 0.257 e. The van der Waals surface area contributed by atoms with Crippen LogP contribution in [0.1, 0.15) is 58.2 Å². The Morgan fingerprint density at radius 3 is 2.88 bits per heavy atom. The number of hydrogen-bond acceptors (Lipinski definition) is 5. The molecule has 3 heterocycles. The van der Waals surface area contributed by atoms with Gasteiger partial charge in [0.1, 0.15) is 0 Å². The normalized spacial score (nSPS) is 17.2. The molecule has 0 saturated carbocycles. The molecule has 1 aliphatic rings. The van der Waals surface area contributed by atoms with Crippen molar-refractivity contribution in [3.8, 4) is 5.88 Å². The van der Waals surface area contributed by atoms with Crippen LogP contribution in [0.15, 0.2) is 12.3 Å². The van der Waals surface area contributed by atoms with Crippen LogP contribution < -0.4 is 10.1 Å². The van der Waals surface area contributed by atoms with E-state index in [1.165, 1.54) is 6.42 Å². The quantitative estimate of drug-likeness (QED) is 0.859. The van der Waals surface area contributed by atoms with Crippen molar-refractivity contribution in [2.75, 3.05) is 20.7 Å². The van der Waals surface area contributed by atoms with E-state index in [-0.39, 0.29) is 11.9 Å². The molecule has 1 fully saturated rings. The van der Waals surface area contributed by atoms with Gasteiger partial charge in [-0.3, -0.25) is 9.89 Å². The molecule has 7 heteroatoms. The lowest BCUT2D eigenvalue weighted by Crippen LogP contribution is -2.31. The first-order valence-electron chi connectivity index (χ1n) is 9.04. The summed E-state index contributed by atoms with van der Waals surface area (Å²) in [7, 11) is 3.40. The van der Waals surface area contributed by atoms with Crippen molar-refractivity contribution < 1.29 is 9.53 Å². The van der Waals surface area contributed by atoms with E-state index in [0.717, 1.165) is 41.9 Å². The van der Waals surface area contributed by atoms with Gasteiger partial charge in [-0.1, -0.05) is 6.42 Å². The number of amides is 1. The van der Waals surface area contributed by atoms with E-state index in [9.17, 15) is 4.79 Å². The van der Waals surface area contributed by atoms with Gasteiger partial charge in [-0.15, -0.1) is 0 Å². The zero-order valence-electron chi connectivity index (χ0n) is 15.9. The number of ether oxygens (including phenoxy) is 1. The van der Waals surface area contributed by atoms with Gasteiger partial charge in [0.2, 0.25) is 5.88 Å². The van der Waals surface area contributed by atoms with Crippen LogP contribution in [0.25, 0.3) is 0 Å². The molecule has 2 aromatic heterocycles. The van der Waals surface area contributed by atoms with Gasteiger partial charge >= 0.3 is 0 Å². The van der Waals surface area contributed by atoms with Crippen molar-refractivity contribution in [1.29, 1.82) is 0 Å². The summed E-state index contributed by atoms with van der Waals surface area (Å²) in [5.41, 5.74) is 4.40. The van der Waals surface area contributed by atoms with E-state index in [1.807, 2.05) is 19.9 Å². The Balaban J connectivity index is 1.80. The van der Waals surface area contributed by atoms with Crippen molar-refractivity contribution >= 4 is 5.91 Å². The van der Waals surface area contributed by atoms with E-state index < -0.39 is 0 Å². The molecule has 1 unspecified atom stereocenters. The summed E-state index contributed by atoms with van der Waals surface area (Å²) in [6.45, 7) is 5.35. The monoisotopic (exact) mass is 357 g/mol. The molecule has 0 radical (unpaired) electrons. The molecule has 0 aromatic carbocycles. The lowest BCUT2D eigenvalue weighted by molar-refractivity contribution is 0.0781. The molecule has 2 N–H and O–H groups in total. The van der Waals surface area contributed by atoms with Gasteiger partial charge in [-0.05, 0) is 44.9 Å². The minimum absolute atomic E-state index is 0.0526. The number of nitrogens with one attached hydrogen (secondary N) is 2. The predicted octanol–water partition coefficient (Wildman–Crippen LogP) is 2.52. The Kier molecular flexibility index (Phi) is 5.56. The van der Waals surface area contributed by atoms with Crippen LogP contribution in [-0.2, 0) is 6.54 Å². The lowest BCUT2D eigenvalue weighted by atomic mass is 9.99. The minimum Gasteiger partial charge on any atom is -0.481 e. The third-order valence-electron chi connectivity index (χ3n) is 4.93. The molecular formula is C19H27N5O2. The fourth-order valence-corrected chi connectivity index (χ4v) is 3.54. The Bertz CT molecular complexity index is 780. The molecule has 0 bridgehead atoms. The number of piperidine rings is 1. The van der Waals surface area contributed by atoms with Crippen molar-refractivity contribution in [1.82, 2.24) is 25.4 Å². The van der Waals surface area contributed by atoms with Crippen LogP contribution in [0.4, 0.5) is 0 Å². The number of aryl methyl sites for hydroxylation is 2. The van der Waals surface area contributed by atoms with Gasteiger partial charge in [0.05, 0.1) is 31.1 Å². The first-order valence-corrected chi connectivity index (χ1v) is 9.04. The van der Waals surface area contributed by atoms with E-state index in [1.54, 1.807) is 25.3 Å². The summed E-state index contributed by atoms with van der Waals surface area (Å²) >= 11 is 0. The average molecular weight is 357 g/mol. The van der Waals surface area contributed by atoms with Crippen molar-refractivity contribution in [3.05, 3.63) is 40.3 Å². The Hall–Kier alpha value is -2.41. The predicted molar refractivity (Wildman–Crippen MR) is 99.2 cm³/mol. The molecular weight excluding hydrogens is 330 g/mol. The molecule has 1 saturated heterocycles. The van der Waals surface area contributed by atoms with Gasteiger partial charge in [-0.2, -0.15) is 5.10 Å². The largest absolute Gasteiger partial charge is 0.481 e. The maximum Gasteiger partial charge on any atom is 0.257 e. The van der Waals surface area contributed by atoms with Gasteiger partial charge < -0.3 is 15.0 Å². The van der Waals surface area contributed by atoms with Gasteiger partial charge in [-0.25, -0.2) is 4.98 Å². The van der Waals surface area contributed by atoms with E-state index in [2.05, 4.69) is 20.5 Å². The number of nitrogens with zero attached hydrogens (tertiary/aromatic N) is 3. The summed E-state index contributed by atoms with van der Waals surface area (Å²) in [5.74, 6) is 0.520. The summed E-state index contributed by atoms with van der Waals surface area (Å²) < 4.78 is 5.42.